The van der Waals surface area contributed by atoms with Crippen molar-refractivity contribution < 1.29 is 18.7 Å². The van der Waals surface area contributed by atoms with E-state index < -0.39 is 17.2 Å². The maximum Gasteiger partial charge on any atom is 0.407 e. The molecule has 0 bridgehead atoms. The topological polar surface area (TPSA) is 70.7 Å². The molecule has 1 aliphatic heterocycles. The third-order valence-corrected chi connectivity index (χ3v) is 6.25. The zero-order valence-corrected chi connectivity index (χ0v) is 19.7. The van der Waals surface area contributed by atoms with Crippen molar-refractivity contribution in [3.63, 3.8) is 0 Å². The summed E-state index contributed by atoms with van der Waals surface area (Å²) < 4.78 is 18.9. The van der Waals surface area contributed by atoms with Gasteiger partial charge in [-0.1, -0.05) is 36.4 Å². The van der Waals surface area contributed by atoms with Gasteiger partial charge in [-0.05, 0) is 75.8 Å². The Morgan fingerprint density at radius 3 is 2.42 bits per heavy atom. The largest absolute Gasteiger partial charge is 0.444 e. The fourth-order valence-corrected chi connectivity index (χ4v) is 4.83. The molecule has 33 heavy (non-hydrogen) atoms. The number of halogens is 1. The van der Waals surface area contributed by atoms with E-state index in [1.54, 1.807) is 12.1 Å². The van der Waals surface area contributed by atoms with Crippen LogP contribution in [0.1, 0.15) is 63.3 Å². The molecule has 1 aliphatic carbocycles. The minimum absolute atomic E-state index is 0.0415. The van der Waals surface area contributed by atoms with Crippen LogP contribution in [0.25, 0.3) is 0 Å². The zero-order chi connectivity index (χ0) is 23.8. The third-order valence-electron chi connectivity index (χ3n) is 6.25. The van der Waals surface area contributed by atoms with Gasteiger partial charge >= 0.3 is 12.1 Å². The lowest BCUT2D eigenvalue weighted by Crippen LogP contribution is -2.64. The smallest absolute Gasteiger partial charge is 0.407 e. The van der Waals surface area contributed by atoms with Gasteiger partial charge in [0.2, 0.25) is 0 Å². The van der Waals surface area contributed by atoms with Gasteiger partial charge in [0.1, 0.15) is 11.4 Å². The van der Waals surface area contributed by atoms with Gasteiger partial charge in [-0.3, -0.25) is 0 Å². The van der Waals surface area contributed by atoms with Crippen LogP contribution in [0.2, 0.25) is 0 Å². The molecule has 2 aromatic rings. The number of ether oxygens (including phenoxy) is 1. The molecule has 7 heteroatoms. The number of hydrogen-bond acceptors (Lipinski definition) is 3. The van der Waals surface area contributed by atoms with Crippen LogP contribution in [0.15, 0.2) is 48.5 Å². The highest BCUT2D eigenvalue weighted by atomic mass is 19.1. The SMILES string of the molecule is CC(C)(C)OC(=O)N[C@H]1C[C@](C)(NC(=O)N2CCc3ccccc3[C@@H]2c2ccc(F)cc2)C1. The van der Waals surface area contributed by atoms with Gasteiger partial charge in [0.15, 0.2) is 0 Å². The molecule has 0 saturated heterocycles. The molecule has 2 aromatic carbocycles. The first-order chi connectivity index (χ1) is 15.5. The number of amides is 3. The van der Waals surface area contributed by atoms with E-state index in [0.29, 0.717) is 19.4 Å². The normalized spacial score (nSPS) is 24.3. The summed E-state index contributed by atoms with van der Waals surface area (Å²) in [6.07, 6.45) is 1.58. The Kier molecular flexibility index (Phi) is 6.08. The highest BCUT2D eigenvalue weighted by molar-refractivity contribution is 5.77. The summed E-state index contributed by atoms with van der Waals surface area (Å²) in [5.41, 5.74) is 2.18. The third kappa shape index (κ3) is 5.29. The second kappa shape index (κ2) is 8.69. The van der Waals surface area contributed by atoms with Gasteiger partial charge in [0.05, 0.1) is 6.04 Å². The van der Waals surface area contributed by atoms with Crippen molar-refractivity contribution in [2.24, 2.45) is 0 Å². The number of carbonyl (C=O) groups is 2. The summed E-state index contributed by atoms with van der Waals surface area (Å²) in [4.78, 5) is 27.3. The minimum atomic E-state index is -0.550. The Bertz CT molecular complexity index is 1030. The van der Waals surface area contributed by atoms with Crippen LogP contribution < -0.4 is 10.6 Å². The maximum atomic E-state index is 13.6. The predicted molar refractivity (Wildman–Crippen MR) is 124 cm³/mol. The predicted octanol–water partition coefficient (Wildman–Crippen LogP) is 4.93. The number of benzene rings is 2. The molecular formula is C26H32FN3O3. The second-order valence-electron chi connectivity index (χ2n) is 10.3. The van der Waals surface area contributed by atoms with Gasteiger partial charge in [-0.25, -0.2) is 14.0 Å². The van der Waals surface area contributed by atoms with Crippen LogP contribution in [0.3, 0.4) is 0 Å². The average Bonchev–Trinajstić information content (AvgIpc) is 2.71. The van der Waals surface area contributed by atoms with E-state index in [1.165, 1.54) is 17.7 Å². The van der Waals surface area contributed by atoms with Crippen molar-refractivity contribution in [1.82, 2.24) is 15.5 Å². The average molecular weight is 454 g/mol. The van der Waals surface area contributed by atoms with Gasteiger partial charge in [-0.2, -0.15) is 0 Å². The molecule has 1 heterocycles. The molecule has 176 valence electrons. The molecule has 1 fully saturated rings. The Labute approximate surface area is 194 Å². The van der Waals surface area contributed by atoms with Crippen molar-refractivity contribution in [1.29, 1.82) is 0 Å². The van der Waals surface area contributed by atoms with Gasteiger partial charge in [0, 0.05) is 18.1 Å². The molecule has 0 aromatic heterocycles. The monoisotopic (exact) mass is 453 g/mol. The van der Waals surface area contributed by atoms with Gasteiger partial charge < -0.3 is 20.3 Å². The lowest BCUT2D eigenvalue weighted by Gasteiger charge is -2.47. The van der Waals surface area contributed by atoms with Crippen LogP contribution in [0.5, 0.6) is 0 Å². The first-order valence-electron chi connectivity index (χ1n) is 11.4. The van der Waals surface area contributed by atoms with Crippen molar-refractivity contribution in [2.45, 2.75) is 70.2 Å². The summed E-state index contributed by atoms with van der Waals surface area (Å²) in [5.74, 6) is -0.302. The van der Waals surface area contributed by atoms with Gasteiger partial charge in [-0.15, -0.1) is 0 Å². The molecule has 0 spiro atoms. The van der Waals surface area contributed by atoms with Crippen molar-refractivity contribution >= 4 is 12.1 Å². The number of carbonyl (C=O) groups excluding carboxylic acids is 2. The van der Waals surface area contributed by atoms with Crippen LogP contribution in [-0.2, 0) is 11.2 Å². The van der Waals surface area contributed by atoms with E-state index >= 15 is 0 Å². The van der Waals surface area contributed by atoms with E-state index in [4.69, 9.17) is 4.74 Å². The number of urea groups is 1. The summed E-state index contributed by atoms with van der Waals surface area (Å²) in [5, 5.41) is 6.05. The second-order valence-corrected chi connectivity index (χ2v) is 10.3. The lowest BCUT2D eigenvalue weighted by molar-refractivity contribution is 0.0424. The number of nitrogens with one attached hydrogen (secondary N) is 2. The molecule has 0 unspecified atom stereocenters. The Hall–Kier alpha value is -3.09. The Morgan fingerprint density at radius 1 is 1.09 bits per heavy atom. The van der Waals surface area contributed by atoms with Crippen molar-refractivity contribution in [3.8, 4) is 0 Å². The van der Waals surface area contributed by atoms with E-state index in [0.717, 1.165) is 17.5 Å². The van der Waals surface area contributed by atoms with Crippen LogP contribution in [0.4, 0.5) is 14.0 Å². The molecule has 2 N–H and O–H groups in total. The molecule has 1 atom stereocenters. The first-order valence-corrected chi connectivity index (χ1v) is 11.4. The highest BCUT2D eigenvalue weighted by Gasteiger charge is 2.44. The first kappa shape index (κ1) is 23.1. The highest BCUT2D eigenvalue weighted by Crippen LogP contribution is 2.37. The molecule has 2 aliphatic rings. The van der Waals surface area contributed by atoms with Crippen molar-refractivity contribution in [3.05, 3.63) is 71.0 Å². The molecule has 3 amide bonds. The number of hydrogen-bond donors (Lipinski definition) is 2. The Balaban J connectivity index is 1.45. The van der Waals surface area contributed by atoms with Gasteiger partial charge in [0.25, 0.3) is 0 Å². The van der Waals surface area contributed by atoms with E-state index in [2.05, 4.69) is 16.7 Å². The molecule has 4 rings (SSSR count). The van der Waals surface area contributed by atoms with Crippen molar-refractivity contribution in [2.75, 3.05) is 6.54 Å². The summed E-state index contributed by atoms with van der Waals surface area (Å²) in [6, 6.07) is 14.0. The zero-order valence-electron chi connectivity index (χ0n) is 19.7. The van der Waals surface area contributed by atoms with Crippen LogP contribution in [0, 0.1) is 5.82 Å². The van der Waals surface area contributed by atoms with E-state index in [1.807, 2.05) is 50.8 Å². The molecule has 0 radical (unpaired) electrons. The van der Waals surface area contributed by atoms with Crippen LogP contribution >= 0.6 is 0 Å². The molecule has 6 nitrogen and oxygen atoms in total. The maximum absolute atomic E-state index is 13.6. The van der Waals surface area contributed by atoms with E-state index in [-0.39, 0.29) is 23.9 Å². The summed E-state index contributed by atoms with van der Waals surface area (Å²) in [7, 11) is 0. The van der Waals surface area contributed by atoms with Crippen LogP contribution in [-0.4, -0.2) is 40.8 Å². The minimum Gasteiger partial charge on any atom is -0.444 e. The Morgan fingerprint density at radius 2 is 1.76 bits per heavy atom. The summed E-state index contributed by atoms with van der Waals surface area (Å²) in [6.45, 7) is 8.04. The molecular weight excluding hydrogens is 421 g/mol. The number of nitrogens with zero attached hydrogens (tertiary/aromatic N) is 1. The fourth-order valence-electron chi connectivity index (χ4n) is 4.83. The number of fused-ring (bicyclic) bond motifs is 1. The van der Waals surface area contributed by atoms with E-state index in [9.17, 15) is 14.0 Å². The standard InChI is InChI=1S/C26H32FN3O3/c1-25(2,3)33-24(32)28-20-15-26(4,16-20)29-23(31)30-14-13-17-7-5-6-8-21(17)22(30)18-9-11-19(27)12-10-18/h5-12,20,22H,13-16H2,1-4H3,(H,28,32)(H,29,31)/t20-,22-,26-/m0/s1. The fraction of sp³-hybridized carbons (Fsp3) is 0.462. The number of rotatable bonds is 3. The quantitative estimate of drug-likeness (QED) is 0.692. The lowest BCUT2D eigenvalue weighted by atomic mass is 9.74. The summed E-state index contributed by atoms with van der Waals surface area (Å²) >= 11 is 0. The number of alkyl carbamates (subject to hydrolysis) is 1. The molecule has 1 saturated carbocycles.